The van der Waals surface area contributed by atoms with E-state index in [4.69, 9.17) is 0 Å². The Hall–Kier alpha value is -2.60. The number of aliphatic carboxylic acids is 1. The van der Waals surface area contributed by atoms with E-state index < -0.39 is 22.9 Å². The number of carboxylic acids is 1. The Kier molecular flexibility index (Phi) is 6.51. The van der Waals surface area contributed by atoms with Gasteiger partial charge < -0.3 is 10.2 Å². The standard InChI is InChI=1S/C30H33NO3S/c1-21-27-29(28(32)33,20-31(21)19-22-9-5-3-6-10-22)26(23-11-7-4-8-12-23)17-18-30(27,34)24-13-15-25(35-2)16-14-24/h3-16,21,26-27,34H,17-20H2,1-2H3,(H,32,33). The maximum atomic E-state index is 13.4. The molecule has 0 amide bonds. The van der Waals surface area contributed by atoms with Gasteiger partial charge in [0.1, 0.15) is 0 Å². The molecule has 1 aliphatic heterocycles. The lowest BCUT2D eigenvalue weighted by Gasteiger charge is -2.52. The zero-order valence-electron chi connectivity index (χ0n) is 20.3. The lowest BCUT2D eigenvalue weighted by molar-refractivity contribution is -0.172. The Balaban J connectivity index is 1.64. The van der Waals surface area contributed by atoms with Gasteiger partial charge in [-0.3, -0.25) is 9.69 Å². The number of thioether (sulfide) groups is 1. The Morgan fingerprint density at radius 3 is 2.23 bits per heavy atom. The molecule has 35 heavy (non-hydrogen) atoms. The lowest BCUT2D eigenvalue weighted by atomic mass is 9.52. The number of carbonyl (C=O) groups is 1. The van der Waals surface area contributed by atoms with Crippen molar-refractivity contribution in [1.29, 1.82) is 0 Å². The molecule has 2 aliphatic rings. The molecule has 5 rings (SSSR count). The van der Waals surface area contributed by atoms with Crippen molar-refractivity contribution in [3.63, 3.8) is 0 Å². The summed E-state index contributed by atoms with van der Waals surface area (Å²) in [6.07, 6.45) is 3.19. The van der Waals surface area contributed by atoms with Crippen molar-refractivity contribution in [2.45, 2.75) is 48.8 Å². The molecular formula is C30H33NO3S. The highest BCUT2D eigenvalue weighted by Gasteiger charge is 2.68. The molecule has 0 spiro atoms. The van der Waals surface area contributed by atoms with Crippen LogP contribution in [-0.2, 0) is 16.9 Å². The largest absolute Gasteiger partial charge is 0.481 e. The van der Waals surface area contributed by atoms with E-state index in [-0.39, 0.29) is 12.0 Å². The minimum Gasteiger partial charge on any atom is -0.481 e. The second-order valence-electron chi connectivity index (χ2n) is 10.1. The molecule has 0 radical (unpaired) electrons. The van der Waals surface area contributed by atoms with Crippen molar-refractivity contribution >= 4 is 17.7 Å². The van der Waals surface area contributed by atoms with Crippen LogP contribution in [0.1, 0.15) is 42.4 Å². The molecule has 5 heteroatoms. The molecule has 2 N–H and O–H groups in total. The minimum absolute atomic E-state index is 0.108. The van der Waals surface area contributed by atoms with Crippen molar-refractivity contribution in [3.8, 4) is 0 Å². The molecule has 1 aliphatic carbocycles. The van der Waals surface area contributed by atoms with Gasteiger partial charge in [0.25, 0.3) is 0 Å². The third-order valence-electron chi connectivity index (χ3n) is 8.45. The summed E-state index contributed by atoms with van der Waals surface area (Å²) in [5, 5.41) is 23.4. The minimum atomic E-state index is -1.22. The molecule has 3 aromatic carbocycles. The van der Waals surface area contributed by atoms with Gasteiger partial charge in [-0.2, -0.15) is 0 Å². The Labute approximate surface area is 212 Å². The molecule has 1 saturated heterocycles. The third kappa shape index (κ3) is 4.00. The maximum absolute atomic E-state index is 13.4. The average Bonchev–Trinajstić information content (AvgIpc) is 3.19. The van der Waals surface area contributed by atoms with Crippen molar-refractivity contribution in [2.75, 3.05) is 12.8 Å². The van der Waals surface area contributed by atoms with Crippen LogP contribution in [0.15, 0.2) is 89.8 Å². The van der Waals surface area contributed by atoms with Gasteiger partial charge in [0.15, 0.2) is 0 Å². The summed E-state index contributed by atoms with van der Waals surface area (Å²) in [6, 6.07) is 28.2. The molecule has 1 heterocycles. The average molecular weight is 488 g/mol. The number of hydrogen-bond acceptors (Lipinski definition) is 4. The van der Waals surface area contributed by atoms with E-state index >= 15 is 0 Å². The number of benzene rings is 3. The van der Waals surface area contributed by atoms with E-state index in [2.05, 4.69) is 36.1 Å². The van der Waals surface area contributed by atoms with Gasteiger partial charge in [-0.25, -0.2) is 0 Å². The van der Waals surface area contributed by atoms with Crippen LogP contribution in [0.2, 0.25) is 0 Å². The molecule has 4 nitrogen and oxygen atoms in total. The van der Waals surface area contributed by atoms with Gasteiger partial charge in [-0.1, -0.05) is 72.8 Å². The van der Waals surface area contributed by atoms with Crippen LogP contribution in [-0.4, -0.2) is 39.9 Å². The lowest BCUT2D eigenvalue weighted by Crippen LogP contribution is -2.57. The summed E-state index contributed by atoms with van der Waals surface area (Å²) in [7, 11) is 0. The maximum Gasteiger partial charge on any atom is 0.312 e. The van der Waals surface area contributed by atoms with E-state index in [9.17, 15) is 15.0 Å². The van der Waals surface area contributed by atoms with Crippen LogP contribution < -0.4 is 0 Å². The molecule has 5 atom stereocenters. The predicted molar refractivity (Wildman–Crippen MR) is 140 cm³/mol. The van der Waals surface area contributed by atoms with Crippen molar-refractivity contribution in [3.05, 3.63) is 102 Å². The molecule has 0 bridgehead atoms. The summed E-state index contributed by atoms with van der Waals surface area (Å²) in [4.78, 5) is 16.8. The quantitative estimate of drug-likeness (QED) is 0.433. The predicted octanol–water partition coefficient (Wildman–Crippen LogP) is 5.77. The van der Waals surface area contributed by atoms with Crippen LogP contribution >= 0.6 is 11.8 Å². The fourth-order valence-electron chi connectivity index (χ4n) is 6.87. The zero-order valence-corrected chi connectivity index (χ0v) is 21.1. The number of fused-ring (bicyclic) bond motifs is 1. The van der Waals surface area contributed by atoms with Crippen LogP contribution in [0.4, 0.5) is 0 Å². The van der Waals surface area contributed by atoms with Gasteiger partial charge in [0.05, 0.1) is 11.0 Å². The van der Waals surface area contributed by atoms with Gasteiger partial charge in [-0.05, 0) is 54.8 Å². The fraction of sp³-hybridized carbons (Fsp3) is 0.367. The van der Waals surface area contributed by atoms with E-state index in [1.54, 1.807) is 11.8 Å². The summed E-state index contributed by atoms with van der Waals surface area (Å²) in [5.74, 6) is -1.42. The Bertz CT molecular complexity index is 1170. The number of nitrogens with zero attached hydrogens (tertiary/aromatic N) is 1. The van der Waals surface area contributed by atoms with Crippen molar-refractivity contribution in [2.24, 2.45) is 11.3 Å². The fourth-order valence-corrected chi connectivity index (χ4v) is 7.28. The van der Waals surface area contributed by atoms with Crippen LogP contribution in [0.5, 0.6) is 0 Å². The number of likely N-dealkylation sites (tertiary alicyclic amines) is 1. The molecule has 182 valence electrons. The van der Waals surface area contributed by atoms with Gasteiger partial charge >= 0.3 is 5.97 Å². The smallest absolute Gasteiger partial charge is 0.312 e. The normalized spacial score (nSPS) is 30.7. The van der Waals surface area contributed by atoms with Crippen LogP contribution in [0.25, 0.3) is 0 Å². The van der Waals surface area contributed by atoms with Crippen LogP contribution in [0.3, 0.4) is 0 Å². The number of rotatable bonds is 6. The first-order chi connectivity index (χ1) is 16.9. The topological polar surface area (TPSA) is 60.8 Å². The zero-order chi connectivity index (χ0) is 24.6. The molecular weight excluding hydrogens is 454 g/mol. The SMILES string of the molecule is CSc1ccc(C2(O)CCC(c3ccccc3)C3(C(=O)O)CN(Cc4ccccc4)C(C)C23)cc1. The molecule has 5 unspecified atom stereocenters. The summed E-state index contributed by atoms with van der Waals surface area (Å²) in [6.45, 7) is 3.18. The first-order valence-corrected chi connectivity index (χ1v) is 13.6. The van der Waals surface area contributed by atoms with E-state index in [0.29, 0.717) is 25.9 Å². The number of hydrogen-bond donors (Lipinski definition) is 2. The Morgan fingerprint density at radius 1 is 1.00 bits per heavy atom. The second-order valence-corrected chi connectivity index (χ2v) is 11.0. The first kappa shape index (κ1) is 24.1. The van der Waals surface area contributed by atoms with E-state index in [1.165, 1.54) is 0 Å². The highest BCUT2D eigenvalue weighted by molar-refractivity contribution is 7.98. The summed E-state index contributed by atoms with van der Waals surface area (Å²) < 4.78 is 0. The summed E-state index contributed by atoms with van der Waals surface area (Å²) in [5.41, 5.74) is 0.716. The highest BCUT2D eigenvalue weighted by atomic mass is 32.2. The molecule has 3 aromatic rings. The number of aliphatic hydroxyl groups is 1. The second kappa shape index (κ2) is 9.45. The van der Waals surface area contributed by atoms with Gasteiger partial charge in [0.2, 0.25) is 0 Å². The van der Waals surface area contributed by atoms with Gasteiger partial charge in [-0.15, -0.1) is 11.8 Å². The molecule has 2 fully saturated rings. The first-order valence-electron chi connectivity index (χ1n) is 12.3. The van der Waals surface area contributed by atoms with Gasteiger partial charge in [0, 0.05) is 35.9 Å². The highest BCUT2D eigenvalue weighted by Crippen LogP contribution is 2.63. The van der Waals surface area contributed by atoms with E-state index in [0.717, 1.165) is 21.6 Å². The van der Waals surface area contributed by atoms with Crippen molar-refractivity contribution < 1.29 is 15.0 Å². The summed E-state index contributed by atoms with van der Waals surface area (Å²) >= 11 is 1.66. The van der Waals surface area contributed by atoms with Crippen molar-refractivity contribution in [1.82, 2.24) is 4.90 Å². The van der Waals surface area contributed by atoms with E-state index in [1.807, 2.05) is 66.9 Å². The van der Waals surface area contributed by atoms with Crippen LogP contribution in [0, 0.1) is 11.3 Å². The molecule has 0 aromatic heterocycles. The molecule has 1 saturated carbocycles. The number of carboxylic acid groups (broad SMARTS) is 1. The third-order valence-corrected chi connectivity index (χ3v) is 9.19. The Morgan fingerprint density at radius 2 is 1.63 bits per heavy atom. The monoisotopic (exact) mass is 487 g/mol.